The van der Waals surface area contributed by atoms with E-state index in [1.807, 2.05) is 42.3 Å². The van der Waals surface area contributed by atoms with Crippen molar-refractivity contribution < 1.29 is 9.59 Å². The van der Waals surface area contributed by atoms with Crippen molar-refractivity contribution in [3.63, 3.8) is 0 Å². The number of hydrogen-bond acceptors (Lipinski definition) is 4. The van der Waals surface area contributed by atoms with Crippen LogP contribution in [0.1, 0.15) is 23.2 Å². The van der Waals surface area contributed by atoms with Crippen LogP contribution < -0.4 is 4.90 Å². The molecule has 25 heavy (non-hydrogen) atoms. The van der Waals surface area contributed by atoms with Crippen LogP contribution in [-0.2, 0) is 22.6 Å². The molecule has 1 aromatic carbocycles. The zero-order valence-electron chi connectivity index (χ0n) is 14.2. The summed E-state index contributed by atoms with van der Waals surface area (Å²) in [5, 5.41) is 0. The SMILES string of the molecule is Cc1ccc(N2C[C@@H](C(=O)N3CCc4cncnc4C3)CC2=O)cc1. The molecular formula is C19H20N4O2. The summed E-state index contributed by atoms with van der Waals surface area (Å²) in [5.74, 6) is -0.216. The fourth-order valence-corrected chi connectivity index (χ4v) is 3.54. The number of fused-ring (bicyclic) bond motifs is 1. The van der Waals surface area contributed by atoms with Gasteiger partial charge in [-0.15, -0.1) is 0 Å². The minimum atomic E-state index is -0.280. The Morgan fingerprint density at radius 2 is 2.04 bits per heavy atom. The molecule has 0 unspecified atom stereocenters. The normalized spacial score (nSPS) is 19.9. The van der Waals surface area contributed by atoms with Crippen LogP contribution in [0.15, 0.2) is 36.8 Å². The topological polar surface area (TPSA) is 66.4 Å². The highest BCUT2D eigenvalue weighted by Gasteiger charge is 2.38. The molecule has 1 fully saturated rings. The molecule has 0 aliphatic carbocycles. The first-order chi connectivity index (χ1) is 12.1. The molecule has 2 amide bonds. The lowest BCUT2D eigenvalue weighted by Gasteiger charge is -2.29. The standard InChI is InChI=1S/C19H20N4O2/c1-13-2-4-16(5-3-13)23-10-15(8-18(23)24)19(25)22-7-6-14-9-20-12-21-17(14)11-22/h2-5,9,12,15H,6-8,10-11H2,1H3/t15-/m0/s1. The third kappa shape index (κ3) is 2.99. The molecule has 0 spiro atoms. The molecule has 0 N–H and O–H groups in total. The van der Waals surface area contributed by atoms with Crippen LogP contribution >= 0.6 is 0 Å². The van der Waals surface area contributed by atoms with Crippen LogP contribution in [0.2, 0.25) is 0 Å². The summed E-state index contributed by atoms with van der Waals surface area (Å²) in [7, 11) is 0. The molecule has 6 nitrogen and oxygen atoms in total. The Kier molecular flexibility index (Phi) is 3.95. The van der Waals surface area contributed by atoms with Crippen LogP contribution in [0.25, 0.3) is 0 Å². The largest absolute Gasteiger partial charge is 0.336 e. The van der Waals surface area contributed by atoms with Gasteiger partial charge in [-0.2, -0.15) is 0 Å². The molecule has 128 valence electrons. The van der Waals surface area contributed by atoms with Crippen molar-refractivity contribution in [2.45, 2.75) is 26.3 Å². The Bertz CT molecular complexity index is 818. The Hall–Kier alpha value is -2.76. The smallest absolute Gasteiger partial charge is 0.228 e. The zero-order chi connectivity index (χ0) is 17.4. The molecule has 1 aromatic heterocycles. The van der Waals surface area contributed by atoms with Gasteiger partial charge in [0.2, 0.25) is 11.8 Å². The summed E-state index contributed by atoms with van der Waals surface area (Å²) < 4.78 is 0. The van der Waals surface area contributed by atoms with E-state index < -0.39 is 0 Å². The number of hydrogen-bond donors (Lipinski definition) is 0. The highest BCUT2D eigenvalue weighted by Crippen LogP contribution is 2.28. The lowest BCUT2D eigenvalue weighted by atomic mass is 10.0. The number of amides is 2. The maximum Gasteiger partial charge on any atom is 0.228 e. The quantitative estimate of drug-likeness (QED) is 0.837. The lowest BCUT2D eigenvalue weighted by Crippen LogP contribution is -2.41. The first-order valence-corrected chi connectivity index (χ1v) is 8.55. The predicted molar refractivity (Wildman–Crippen MR) is 92.8 cm³/mol. The summed E-state index contributed by atoms with van der Waals surface area (Å²) >= 11 is 0. The summed E-state index contributed by atoms with van der Waals surface area (Å²) in [6, 6.07) is 7.85. The van der Waals surface area contributed by atoms with Gasteiger partial charge in [0.15, 0.2) is 0 Å². The van der Waals surface area contributed by atoms with Gasteiger partial charge in [-0.1, -0.05) is 17.7 Å². The fraction of sp³-hybridized carbons (Fsp3) is 0.368. The number of aromatic nitrogens is 2. The molecule has 2 aliphatic heterocycles. The van der Waals surface area contributed by atoms with E-state index in [0.29, 0.717) is 19.6 Å². The summed E-state index contributed by atoms with van der Waals surface area (Å²) in [4.78, 5) is 37.2. The average molecular weight is 336 g/mol. The molecule has 4 rings (SSSR count). The van der Waals surface area contributed by atoms with Gasteiger partial charge in [0.1, 0.15) is 6.33 Å². The number of carbonyl (C=O) groups is 2. The van der Waals surface area contributed by atoms with Crippen molar-refractivity contribution in [3.05, 3.63) is 53.6 Å². The van der Waals surface area contributed by atoms with Gasteiger partial charge in [-0.05, 0) is 31.0 Å². The zero-order valence-corrected chi connectivity index (χ0v) is 14.2. The van der Waals surface area contributed by atoms with E-state index >= 15 is 0 Å². The number of anilines is 1. The molecule has 0 radical (unpaired) electrons. The van der Waals surface area contributed by atoms with E-state index in [9.17, 15) is 9.59 Å². The van der Waals surface area contributed by atoms with Crippen molar-refractivity contribution in [3.8, 4) is 0 Å². The van der Waals surface area contributed by atoms with Gasteiger partial charge in [-0.25, -0.2) is 9.97 Å². The summed E-state index contributed by atoms with van der Waals surface area (Å²) in [6.07, 6.45) is 4.39. The Labute approximate surface area is 146 Å². The molecule has 6 heteroatoms. The van der Waals surface area contributed by atoms with Crippen molar-refractivity contribution >= 4 is 17.5 Å². The molecule has 3 heterocycles. The van der Waals surface area contributed by atoms with Gasteiger partial charge >= 0.3 is 0 Å². The molecule has 2 aromatic rings. The van der Waals surface area contributed by atoms with Gasteiger partial charge in [0.25, 0.3) is 0 Å². The van der Waals surface area contributed by atoms with Crippen LogP contribution in [-0.4, -0.2) is 39.8 Å². The van der Waals surface area contributed by atoms with Gasteiger partial charge < -0.3 is 9.80 Å². The van der Waals surface area contributed by atoms with Crippen molar-refractivity contribution in [2.24, 2.45) is 5.92 Å². The molecule has 0 saturated carbocycles. The fourth-order valence-electron chi connectivity index (χ4n) is 3.54. The average Bonchev–Trinajstić information content (AvgIpc) is 3.03. The maximum absolute atomic E-state index is 12.9. The third-order valence-corrected chi connectivity index (χ3v) is 5.00. The highest BCUT2D eigenvalue weighted by atomic mass is 16.2. The summed E-state index contributed by atoms with van der Waals surface area (Å²) in [5.41, 5.74) is 4.03. The first kappa shape index (κ1) is 15.7. The van der Waals surface area contributed by atoms with Gasteiger partial charge in [0, 0.05) is 31.4 Å². The minimum Gasteiger partial charge on any atom is -0.336 e. The molecule has 2 aliphatic rings. The van der Waals surface area contributed by atoms with Crippen LogP contribution in [0, 0.1) is 12.8 Å². The van der Waals surface area contributed by atoms with E-state index in [-0.39, 0.29) is 24.2 Å². The van der Waals surface area contributed by atoms with Crippen molar-refractivity contribution in [1.82, 2.24) is 14.9 Å². The first-order valence-electron chi connectivity index (χ1n) is 8.55. The van der Waals surface area contributed by atoms with Crippen LogP contribution in [0.4, 0.5) is 5.69 Å². The molecule has 1 saturated heterocycles. The maximum atomic E-state index is 12.9. The van der Waals surface area contributed by atoms with Gasteiger partial charge in [-0.3, -0.25) is 9.59 Å². The number of carbonyl (C=O) groups excluding carboxylic acids is 2. The van der Waals surface area contributed by atoms with E-state index in [1.165, 1.54) is 6.33 Å². The number of benzene rings is 1. The second kappa shape index (κ2) is 6.27. The second-order valence-electron chi connectivity index (χ2n) is 6.75. The Balaban J connectivity index is 1.47. The highest BCUT2D eigenvalue weighted by molar-refractivity contribution is 6.00. The molecule has 0 bridgehead atoms. The number of nitrogens with zero attached hydrogens (tertiary/aromatic N) is 4. The molecular weight excluding hydrogens is 316 g/mol. The van der Waals surface area contributed by atoms with Crippen molar-refractivity contribution in [1.29, 1.82) is 0 Å². The Morgan fingerprint density at radius 3 is 2.84 bits per heavy atom. The minimum absolute atomic E-state index is 0.0157. The summed E-state index contributed by atoms with van der Waals surface area (Å²) in [6.45, 7) is 3.63. The van der Waals surface area contributed by atoms with E-state index in [4.69, 9.17) is 0 Å². The molecule has 1 atom stereocenters. The third-order valence-electron chi connectivity index (χ3n) is 5.00. The monoisotopic (exact) mass is 336 g/mol. The van der Waals surface area contributed by atoms with E-state index in [2.05, 4.69) is 9.97 Å². The second-order valence-corrected chi connectivity index (χ2v) is 6.75. The van der Waals surface area contributed by atoms with E-state index in [0.717, 1.165) is 28.9 Å². The predicted octanol–water partition coefficient (Wildman–Crippen LogP) is 1.72. The van der Waals surface area contributed by atoms with Crippen molar-refractivity contribution in [2.75, 3.05) is 18.0 Å². The van der Waals surface area contributed by atoms with E-state index in [1.54, 1.807) is 4.90 Å². The lowest BCUT2D eigenvalue weighted by molar-refractivity contribution is -0.136. The Morgan fingerprint density at radius 1 is 1.24 bits per heavy atom. The van der Waals surface area contributed by atoms with Gasteiger partial charge in [0.05, 0.1) is 18.2 Å². The number of aryl methyl sites for hydroxylation is 1. The number of rotatable bonds is 2. The van der Waals surface area contributed by atoms with Crippen LogP contribution in [0.5, 0.6) is 0 Å². The van der Waals surface area contributed by atoms with Crippen LogP contribution in [0.3, 0.4) is 0 Å².